The van der Waals surface area contributed by atoms with E-state index in [2.05, 4.69) is 0 Å². The first-order chi connectivity index (χ1) is 26.3. The maximum Gasteiger partial charge on any atom is 0.264 e. The zero-order valence-electron chi connectivity index (χ0n) is 27.4. The zero-order valence-corrected chi connectivity index (χ0v) is 30.4. The molecule has 0 aliphatic rings. The van der Waals surface area contributed by atoms with Crippen LogP contribution in [-0.4, -0.2) is 18.8 Å². The van der Waals surface area contributed by atoms with Crippen molar-refractivity contribution in [1.29, 1.82) is 0 Å². The fraction of sp³-hybridized carbons (Fsp3) is 0. The van der Waals surface area contributed by atoms with Crippen LogP contribution in [0.5, 0.6) is 0 Å². The summed E-state index contributed by atoms with van der Waals surface area (Å²) in [5.74, 6) is 0. The van der Waals surface area contributed by atoms with Crippen LogP contribution in [0.4, 0.5) is 0 Å². The first-order valence-electron chi connectivity index (χ1n) is 17.2. The maximum atomic E-state index is 14.7. The van der Waals surface area contributed by atoms with Crippen molar-refractivity contribution in [2.75, 3.05) is 0 Å². The lowest BCUT2D eigenvalue weighted by molar-refractivity contribution is 1.15. The Morgan fingerprint density at radius 1 is 0.389 bits per heavy atom. The largest absolute Gasteiger partial charge is 0.268 e. The molecule has 0 aliphatic heterocycles. The van der Waals surface area contributed by atoms with E-state index in [4.69, 9.17) is 56.4 Å². The molecule has 252 valence electrons. The number of nitrogens with zero attached hydrogens (tertiary/aromatic N) is 4. The monoisotopic (exact) mass is 772 g/mol. The first kappa shape index (κ1) is 29.7. The maximum absolute atomic E-state index is 14.7. The molecule has 0 bridgehead atoms. The van der Waals surface area contributed by atoms with Gasteiger partial charge in [0.15, 0.2) is 0 Å². The third-order valence-electron chi connectivity index (χ3n) is 11.5. The van der Waals surface area contributed by atoms with Gasteiger partial charge < -0.3 is 0 Å². The molecule has 0 N–H and O–H groups in total. The average molecular weight is 774 g/mol. The van der Waals surface area contributed by atoms with Crippen LogP contribution in [-0.2, 0) is 0 Å². The van der Waals surface area contributed by atoms with E-state index in [1.807, 2.05) is 84.9 Å². The molecule has 6 nitrogen and oxygen atoms in total. The van der Waals surface area contributed by atoms with Gasteiger partial charge in [-0.2, -0.15) is 0 Å². The summed E-state index contributed by atoms with van der Waals surface area (Å²) in [7, 11) is 0. The topological polar surface area (TPSA) is 68.7 Å². The molecule has 0 atom stereocenters. The second-order valence-corrected chi connectivity index (χ2v) is 15.7. The second kappa shape index (κ2) is 9.66. The molecule has 0 amide bonds. The van der Waals surface area contributed by atoms with E-state index >= 15 is 0 Å². The minimum Gasteiger partial charge on any atom is -0.268 e. The fourth-order valence-corrected chi connectivity index (χ4v) is 10.7. The molecule has 0 aliphatic carbocycles. The smallest absolute Gasteiger partial charge is 0.264 e. The third-order valence-corrected chi connectivity index (χ3v) is 12.7. The van der Waals surface area contributed by atoms with Gasteiger partial charge in [-0.05, 0) is 59.3 Å². The number of aromatic nitrogens is 4. The highest BCUT2D eigenvalue weighted by Crippen LogP contribution is 2.53. The predicted molar refractivity (Wildman–Crippen MR) is 225 cm³/mol. The summed E-state index contributed by atoms with van der Waals surface area (Å²) in [4.78, 5) is 39.6. The summed E-state index contributed by atoms with van der Waals surface area (Å²) < 4.78 is 3.31. The van der Waals surface area contributed by atoms with Crippen molar-refractivity contribution < 1.29 is 0 Å². The molecule has 0 radical (unpaired) electrons. The molecule has 0 saturated heterocycles. The Labute approximate surface area is 320 Å². The van der Waals surface area contributed by atoms with Gasteiger partial charge in [0.1, 0.15) is 11.3 Å². The van der Waals surface area contributed by atoms with E-state index < -0.39 is 0 Å². The van der Waals surface area contributed by atoms with E-state index in [0.717, 1.165) is 43.6 Å². The summed E-state index contributed by atoms with van der Waals surface area (Å²) in [6.45, 7) is 0. The van der Waals surface area contributed by atoms with Gasteiger partial charge in [0.2, 0.25) is 0 Å². The summed E-state index contributed by atoms with van der Waals surface area (Å²) in [6, 6.07) is 30.8. The van der Waals surface area contributed by atoms with Gasteiger partial charge in [0.25, 0.3) is 11.1 Å². The lowest BCUT2D eigenvalue weighted by Crippen LogP contribution is -2.17. The molecule has 10 heteroatoms. The predicted octanol–water partition coefficient (Wildman–Crippen LogP) is 12.2. The first-order valence-corrected chi connectivity index (χ1v) is 18.7. The lowest BCUT2D eigenvalue weighted by atomic mass is 9.85. The molecule has 9 aromatic carbocycles. The van der Waals surface area contributed by atoms with Gasteiger partial charge in [-0.15, -0.1) is 0 Å². The molecule has 0 spiro atoms. The van der Waals surface area contributed by atoms with Crippen molar-refractivity contribution in [2.24, 2.45) is 0 Å². The molecular weight excluding hydrogens is 758 g/mol. The van der Waals surface area contributed by atoms with Crippen LogP contribution in [0.15, 0.2) is 107 Å². The van der Waals surface area contributed by atoms with E-state index in [-0.39, 0.29) is 11.1 Å². The van der Waals surface area contributed by atoms with Crippen LogP contribution in [0.2, 0.25) is 20.1 Å². The number of halogens is 4. The Morgan fingerprint density at radius 2 is 0.741 bits per heavy atom. The van der Waals surface area contributed by atoms with Crippen LogP contribution in [0, 0.1) is 0 Å². The summed E-state index contributed by atoms with van der Waals surface area (Å²) in [5.41, 5.74) is 3.45. The molecule has 0 fully saturated rings. The highest BCUT2D eigenvalue weighted by atomic mass is 35.5. The Bertz CT molecular complexity index is 3770. The van der Waals surface area contributed by atoms with Crippen LogP contribution >= 0.6 is 46.4 Å². The van der Waals surface area contributed by atoms with Gasteiger partial charge in [-0.1, -0.05) is 94.9 Å². The van der Waals surface area contributed by atoms with Gasteiger partial charge in [0.05, 0.1) is 32.8 Å². The fourth-order valence-electron chi connectivity index (χ4n) is 9.54. The van der Waals surface area contributed by atoms with E-state index in [0.29, 0.717) is 96.0 Å². The number of fused-ring (bicyclic) bond motifs is 8. The molecule has 54 heavy (non-hydrogen) atoms. The molecule has 13 aromatic rings. The standard InChI is InChI=1S/C44H16Cl4N4O2/c45-23-13-19-33-21(43(53)51-29-11-3-7-17-5-1-9-27(31(17)29)49-41(19)51)15-25(47)37-38-26(48)16-22-34-20(14-24(46)36(40(34)38)35(23)39(33)37)42-50-28-10-2-6-18-8-4-12-30(32(18)28)52(42)44(22)54/h1-16H. The summed E-state index contributed by atoms with van der Waals surface area (Å²) in [5, 5.41) is 12.5. The van der Waals surface area contributed by atoms with Crippen molar-refractivity contribution in [1.82, 2.24) is 18.8 Å². The van der Waals surface area contributed by atoms with Crippen LogP contribution in [0.1, 0.15) is 0 Å². The highest BCUT2D eigenvalue weighted by molar-refractivity contribution is 6.56. The Balaban J connectivity index is 1.31. The van der Waals surface area contributed by atoms with Gasteiger partial charge in [-0.25, -0.2) is 9.97 Å². The highest BCUT2D eigenvalue weighted by Gasteiger charge is 2.29. The Hall–Kier alpha value is -5.76. The number of rotatable bonds is 0. The number of hydrogen-bond acceptors (Lipinski definition) is 4. The van der Waals surface area contributed by atoms with Crippen LogP contribution < -0.4 is 11.1 Å². The van der Waals surface area contributed by atoms with Crippen LogP contribution in [0.3, 0.4) is 0 Å². The van der Waals surface area contributed by atoms with Crippen molar-refractivity contribution in [3.63, 3.8) is 0 Å². The molecular formula is C44H16Cl4N4O2. The molecule has 0 saturated carbocycles. The van der Waals surface area contributed by atoms with E-state index in [1.54, 1.807) is 20.9 Å². The van der Waals surface area contributed by atoms with Gasteiger partial charge >= 0.3 is 0 Å². The Kier molecular flexibility index (Phi) is 5.31. The molecule has 4 heterocycles. The van der Waals surface area contributed by atoms with Crippen molar-refractivity contribution in [3.8, 4) is 0 Å². The normalized spacial score (nSPS) is 13.0. The molecule has 4 aromatic heterocycles. The second-order valence-electron chi connectivity index (χ2n) is 14.1. The summed E-state index contributed by atoms with van der Waals surface area (Å²) in [6.07, 6.45) is 0. The summed E-state index contributed by atoms with van der Waals surface area (Å²) >= 11 is 29.5. The Morgan fingerprint density at radius 3 is 1.13 bits per heavy atom. The number of benzene rings is 9. The van der Waals surface area contributed by atoms with Gasteiger partial charge in [-0.3, -0.25) is 18.4 Å². The van der Waals surface area contributed by atoms with Crippen molar-refractivity contribution >= 4 is 166 Å². The molecule has 13 rings (SSSR count). The van der Waals surface area contributed by atoms with Crippen molar-refractivity contribution in [3.05, 3.63) is 138 Å². The zero-order chi connectivity index (χ0) is 36.0. The third kappa shape index (κ3) is 3.27. The van der Waals surface area contributed by atoms with E-state index in [1.165, 1.54) is 0 Å². The van der Waals surface area contributed by atoms with Gasteiger partial charge in [0, 0.05) is 84.7 Å². The number of hydrogen-bond donors (Lipinski definition) is 0. The lowest BCUT2D eigenvalue weighted by Gasteiger charge is -2.23. The van der Waals surface area contributed by atoms with Crippen molar-refractivity contribution in [2.45, 2.75) is 0 Å². The SMILES string of the molecule is O=c1c2cc(Cl)c3c4c(Cl)cc5c(=O)n6c7cccc8cccc(nc6c6cc(Cl)c(c9c(Cl)cc(c2c39)c2nc3cccc9cccc(c93)n12)c4c56)c87. The number of pyridine rings is 2. The average Bonchev–Trinajstić information content (AvgIpc) is 3.17. The quantitative estimate of drug-likeness (QED) is 0.114. The molecule has 0 unspecified atom stereocenters. The van der Waals surface area contributed by atoms with E-state index in [9.17, 15) is 9.59 Å². The minimum absolute atomic E-state index is 0.255. The van der Waals surface area contributed by atoms with Crippen LogP contribution in [0.25, 0.3) is 120 Å². The minimum atomic E-state index is -0.255.